The maximum atomic E-state index is 5.84. The van der Waals surface area contributed by atoms with E-state index < -0.39 is 0 Å². The minimum atomic E-state index is 0.703. The van der Waals surface area contributed by atoms with Crippen molar-refractivity contribution in [1.82, 2.24) is 10.6 Å². The second-order valence-corrected chi connectivity index (χ2v) is 5.37. The van der Waals surface area contributed by atoms with Gasteiger partial charge in [-0.15, -0.1) is 0 Å². The van der Waals surface area contributed by atoms with Gasteiger partial charge < -0.3 is 15.4 Å². The van der Waals surface area contributed by atoms with Gasteiger partial charge in [0.1, 0.15) is 0 Å². The van der Waals surface area contributed by atoms with Crippen LogP contribution in [-0.2, 0) is 11.2 Å². The fourth-order valence-electron chi connectivity index (χ4n) is 1.66. The second-order valence-electron chi connectivity index (χ2n) is 4.53. The monoisotopic (exact) mass is 314 g/mol. The molecule has 0 aromatic heterocycles. The molecule has 3 nitrogen and oxygen atoms in total. The molecule has 0 heterocycles. The van der Waals surface area contributed by atoms with Crippen molar-refractivity contribution >= 4 is 28.9 Å². The Balaban J connectivity index is 2.01. The molecule has 2 N–H and O–H groups in total. The van der Waals surface area contributed by atoms with Gasteiger partial charge >= 0.3 is 0 Å². The summed E-state index contributed by atoms with van der Waals surface area (Å²) >= 11 is 11.0. The average Bonchev–Trinajstić information content (AvgIpc) is 2.45. The molecule has 1 aromatic carbocycles. The Morgan fingerprint density at radius 1 is 1.15 bits per heavy atom. The third-order valence-corrected chi connectivity index (χ3v) is 3.25. The van der Waals surface area contributed by atoms with E-state index in [0.29, 0.717) is 5.11 Å². The molecule has 0 saturated heterocycles. The van der Waals surface area contributed by atoms with E-state index in [1.54, 1.807) is 0 Å². The number of benzene rings is 1. The Labute approximate surface area is 132 Å². The van der Waals surface area contributed by atoms with Crippen molar-refractivity contribution in [1.29, 1.82) is 0 Å². The van der Waals surface area contributed by atoms with Crippen LogP contribution in [0.15, 0.2) is 24.3 Å². The zero-order valence-corrected chi connectivity index (χ0v) is 13.5. The summed E-state index contributed by atoms with van der Waals surface area (Å²) in [6.45, 7) is 5.40. The van der Waals surface area contributed by atoms with Crippen LogP contribution in [0.4, 0.5) is 0 Å². The first kappa shape index (κ1) is 17.2. The number of nitrogens with one attached hydrogen (secondary N) is 2. The minimum Gasteiger partial charge on any atom is -0.381 e. The van der Waals surface area contributed by atoms with Gasteiger partial charge in [0.25, 0.3) is 0 Å². The van der Waals surface area contributed by atoms with Crippen LogP contribution < -0.4 is 10.6 Å². The summed E-state index contributed by atoms with van der Waals surface area (Å²) in [5.41, 5.74) is 1.25. The number of hydrogen-bond acceptors (Lipinski definition) is 2. The van der Waals surface area contributed by atoms with Crippen LogP contribution in [0.25, 0.3) is 0 Å². The Hall–Kier alpha value is -0.840. The zero-order valence-electron chi connectivity index (χ0n) is 12.0. The minimum absolute atomic E-state index is 0.703. The summed E-state index contributed by atoms with van der Waals surface area (Å²) < 4.78 is 5.40. The van der Waals surface area contributed by atoms with Gasteiger partial charge in [0, 0.05) is 31.3 Å². The summed E-state index contributed by atoms with van der Waals surface area (Å²) in [6, 6.07) is 7.88. The van der Waals surface area contributed by atoms with Crippen LogP contribution in [-0.4, -0.2) is 31.4 Å². The van der Waals surface area contributed by atoms with E-state index in [9.17, 15) is 0 Å². The van der Waals surface area contributed by atoms with Crippen LogP contribution in [0.1, 0.15) is 25.3 Å². The number of thiocarbonyl (C=S) groups is 1. The van der Waals surface area contributed by atoms with Crippen molar-refractivity contribution in [3.05, 3.63) is 34.9 Å². The third-order valence-electron chi connectivity index (χ3n) is 2.71. The highest BCUT2D eigenvalue weighted by molar-refractivity contribution is 7.80. The first-order valence-electron chi connectivity index (χ1n) is 7.06. The number of ether oxygens (including phenoxy) is 1. The van der Waals surface area contributed by atoms with Crippen molar-refractivity contribution in [3.63, 3.8) is 0 Å². The molecule has 0 fully saturated rings. The van der Waals surface area contributed by atoms with Gasteiger partial charge in [-0.25, -0.2) is 0 Å². The van der Waals surface area contributed by atoms with Gasteiger partial charge in [-0.2, -0.15) is 0 Å². The molecule has 0 aliphatic rings. The highest BCUT2D eigenvalue weighted by atomic mass is 35.5. The second kappa shape index (κ2) is 10.9. The summed E-state index contributed by atoms with van der Waals surface area (Å²) in [5, 5.41) is 7.84. The molecule has 20 heavy (non-hydrogen) atoms. The van der Waals surface area contributed by atoms with Crippen molar-refractivity contribution < 1.29 is 4.74 Å². The highest BCUT2D eigenvalue weighted by Gasteiger charge is 1.97. The maximum absolute atomic E-state index is 5.84. The van der Waals surface area contributed by atoms with Gasteiger partial charge in [-0.05, 0) is 49.2 Å². The van der Waals surface area contributed by atoms with Crippen LogP contribution >= 0.6 is 23.8 Å². The molecule has 0 bridgehead atoms. The molecular formula is C15H23ClN2OS. The predicted molar refractivity (Wildman–Crippen MR) is 89.5 cm³/mol. The van der Waals surface area contributed by atoms with Gasteiger partial charge in [-0.3, -0.25) is 0 Å². The van der Waals surface area contributed by atoms with E-state index in [1.165, 1.54) is 5.56 Å². The van der Waals surface area contributed by atoms with Gasteiger partial charge in [0.2, 0.25) is 0 Å². The first-order valence-corrected chi connectivity index (χ1v) is 7.85. The largest absolute Gasteiger partial charge is 0.381 e. The Kier molecular flexibility index (Phi) is 9.37. The highest BCUT2D eigenvalue weighted by Crippen LogP contribution is 2.09. The number of halogens is 1. The van der Waals surface area contributed by atoms with Gasteiger partial charge in [0.05, 0.1) is 0 Å². The lowest BCUT2D eigenvalue weighted by Gasteiger charge is -2.10. The number of rotatable bonds is 9. The molecular weight excluding hydrogens is 292 g/mol. The summed E-state index contributed by atoms with van der Waals surface area (Å²) in [4.78, 5) is 0. The predicted octanol–water partition coefficient (Wildman–Crippen LogP) is 3.16. The van der Waals surface area contributed by atoms with Crippen LogP contribution in [0.3, 0.4) is 0 Å². The molecule has 0 aliphatic carbocycles. The van der Waals surface area contributed by atoms with Crippen molar-refractivity contribution in [2.24, 2.45) is 0 Å². The third kappa shape index (κ3) is 8.35. The summed E-state index contributed by atoms with van der Waals surface area (Å²) in [5.74, 6) is 0. The zero-order chi connectivity index (χ0) is 14.6. The molecule has 112 valence electrons. The Bertz CT molecular complexity index is 384. The lowest BCUT2D eigenvalue weighted by atomic mass is 10.1. The Morgan fingerprint density at radius 2 is 1.85 bits per heavy atom. The molecule has 0 atom stereocenters. The molecule has 0 aliphatic heterocycles. The van der Waals surface area contributed by atoms with Crippen molar-refractivity contribution in [2.75, 3.05) is 26.3 Å². The molecule has 0 spiro atoms. The molecule has 5 heteroatoms. The normalized spacial score (nSPS) is 10.3. The fourth-order valence-corrected chi connectivity index (χ4v) is 1.99. The van der Waals surface area contributed by atoms with Crippen LogP contribution in [0.5, 0.6) is 0 Å². The summed E-state index contributed by atoms with van der Waals surface area (Å²) in [7, 11) is 0. The fraction of sp³-hybridized carbons (Fsp3) is 0.533. The number of hydrogen-bond donors (Lipinski definition) is 2. The quantitative estimate of drug-likeness (QED) is 0.542. The maximum Gasteiger partial charge on any atom is 0.166 e. The summed E-state index contributed by atoms with van der Waals surface area (Å²) in [6.07, 6.45) is 2.97. The first-order chi connectivity index (χ1) is 9.72. The van der Waals surface area contributed by atoms with Crippen LogP contribution in [0.2, 0.25) is 5.02 Å². The van der Waals surface area contributed by atoms with Crippen molar-refractivity contribution in [2.45, 2.75) is 26.2 Å². The topological polar surface area (TPSA) is 33.3 Å². The molecule has 1 rings (SSSR count). The van der Waals surface area contributed by atoms with Gasteiger partial charge in [-0.1, -0.05) is 30.7 Å². The van der Waals surface area contributed by atoms with Crippen molar-refractivity contribution in [3.8, 4) is 0 Å². The molecule has 0 radical (unpaired) electrons. The van der Waals surface area contributed by atoms with E-state index in [2.05, 4.69) is 17.6 Å². The average molecular weight is 315 g/mol. The lowest BCUT2D eigenvalue weighted by molar-refractivity contribution is 0.133. The standard InChI is InChI=1S/C15H23ClN2OS/c1-2-11-19-12-3-9-17-15(20)18-10-8-13-4-6-14(16)7-5-13/h4-7H,2-3,8-12H2,1H3,(H2,17,18,20). The Morgan fingerprint density at radius 3 is 2.55 bits per heavy atom. The van der Waals surface area contributed by atoms with Gasteiger partial charge in [0.15, 0.2) is 5.11 Å². The van der Waals surface area contributed by atoms with E-state index in [0.717, 1.165) is 50.6 Å². The van der Waals surface area contributed by atoms with Crippen LogP contribution in [0, 0.1) is 0 Å². The van der Waals surface area contributed by atoms with E-state index in [4.69, 9.17) is 28.6 Å². The molecule has 0 unspecified atom stereocenters. The molecule has 1 aromatic rings. The molecule has 0 saturated carbocycles. The SMILES string of the molecule is CCCOCCCNC(=S)NCCc1ccc(Cl)cc1. The molecule has 0 amide bonds. The van der Waals surface area contributed by atoms with E-state index in [-0.39, 0.29) is 0 Å². The smallest absolute Gasteiger partial charge is 0.166 e. The van der Waals surface area contributed by atoms with E-state index >= 15 is 0 Å². The van der Waals surface area contributed by atoms with E-state index in [1.807, 2.05) is 24.3 Å². The lowest BCUT2D eigenvalue weighted by Crippen LogP contribution is -2.37.